The Balaban J connectivity index is 1.72. The molecule has 3 rings (SSSR count). The van der Waals surface area contributed by atoms with Crippen LogP contribution in [0.15, 0.2) is 42.5 Å². The average Bonchev–Trinajstić information content (AvgIpc) is 2.61. The van der Waals surface area contributed by atoms with Crippen LogP contribution in [0, 0.1) is 5.41 Å². The lowest BCUT2D eigenvalue weighted by Gasteiger charge is -2.27. The Morgan fingerprint density at radius 2 is 1.83 bits per heavy atom. The van der Waals surface area contributed by atoms with Gasteiger partial charge in [-0.25, -0.2) is 0 Å². The third-order valence-electron chi connectivity index (χ3n) is 4.58. The lowest BCUT2D eigenvalue weighted by Crippen LogP contribution is -2.30. The maximum Gasteiger partial charge on any atom is 0.255 e. The predicted molar refractivity (Wildman–Crippen MR) is 98.0 cm³/mol. The molecule has 4 nitrogen and oxygen atoms in total. The molecule has 1 aliphatic heterocycles. The van der Waals surface area contributed by atoms with E-state index >= 15 is 0 Å². The SMILES string of the molecule is CCN1CCc2cc(NC(=O)c3ccc(C(C)=N)cc3)ccc2C1. The van der Waals surface area contributed by atoms with Gasteiger partial charge in [-0.3, -0.25) is 9.69 Å². The van der Waals surface area contributed by atoms with E-state index in [0.29, 0.717) is 11.3 Å². The summed E-state index contributed by atoms with van der Waals surface area (Å²) in [6, 6.07) is 13.3. The van der Waals surface area contributed by atoms with Crippen molar-refractivity contribution in [3.8, 4) is 0 Å². The normalized spacial score (nSPS) is 14.1. The van der Waals surface area contributed by atoms with Crippen LogP contribution in [0.3, 0.4) is 0 Å². The first-order valence-electron chi connectivity index (χ1n) is 8.38. The molecule has 24 heavy (non-hydrogen) atoms. The second kappa shape index (κ2) is 6.97. The predicted octanol–water partition coefficient (Wildman–Crippen LogP) is 3.70. The number of rotatable bonds is 4. The number of likely N-dealkylation sites (N-methyl/N-ethyl adjacent to an activating group) is 1. The van der Waals surface area contributed by atoms with Crippen LogP contribution in [0.25, 0.3) is 0 Å². The monoisotopic (exact) mass is 321 g/mol. The summed E-state index contributed by atoms with van der Waals surface area (Å²) in [4.78, 5) is 14.8. The molecule has 0 saturated heterocycles. The van der Waals surface area contributed by atoms with Gasteiger partial charge in [0.05, 0.1) is 0 Å². The Bertz CT molecular complexity index is 765. The van der Waals surface area contributed by atoms with E-state index in [1.54, 1.807) is 19.1 Å². The molecule has 0 atom stereocenters. The molecule has 0 aliphatic carbocycles. The second-order valence-electron chi connectivity index (χ2n) is 6.26. The minimum Gasteiger partial charge on any atom is -0.322 e. The summed E-state index contributed by atoms with van der Waals surface area (Å²) in [5.74, 6) is -0.116. The number of amides is 1. The number of hydrogen-bond donors (Lipinski definition) is 2. The zero-order chi connectivity index (χ0) is 17.1. The smallest absolute Gasteiger partial charge is 0.255 e. The van der Waals surface area contributed by atoms with E-state index in [1.807, 2.05) is 18.2 Å². The highest BCUT2D eigenvalue weighted by molar-refractivity contribution is 6.05. The van der Waals surface area contributed by atoms with E-state index in [-0.39, 0.29) is 5.91 Å². The molecule has 2 aromatic carbocycles. The van der Waals surface area contributed by atoms with Gasteiger partial charge >= 0.3 is 0 Å². The van der Waals surface area contributed by atoms with Crippen molar-refractivity contribution in [2.24, 2.45) is 0 Å². The maximum atomic E-state index is 12.4. The van der Waals surface area contributed by atoms with Crippen LogP contribution in [0.2, 0.25) is 0 Å². The number of benzene rings is 2. The first-order chi connectivity index (χ1) is 11.6. The van der Waals surface area contributed by atoms with Crippen molar-refractivity contribution >= 4 is 17.3 Å². The van der Waals surface area contributed by atoms with Crippen molar-refractivity contribution < 1.29 is 4.79 Å². The molecule has 1 amide bonds. The quantitative estimate of drug-likeness (QED) is 0.844. The first-order valence-corrected chi connectivity index (χ1v) is 8.38. The molecule has 0 unspecified atom stereocenters. The number of anilines is 1. The van der Waals surface area contributed by atoms with Gasteiger partial charge in [-0.15, -0.1) is 0 Å². The number of carbonyl (C=O) groups is 1. The van der Waals surface area contributed by atoms with E-state index < -0.39 is 0 Å². The van der Waals surface area contributed by atoms with Crippen molar-refractivity contribution in [2.45, 2.75) is 26.8 Å². The van der Waals surface area contributed by atoms with Gasteiger partial charge < -0.3 is 10.7 Å². The molecule has 0 aromatic heterocycles. The summed E-state index contributed by atoms with van der Waals surface area (Å²) in [7, 11) is 0. The zero-order valence-electron chi connectivity index (χ0n) is 14.2. The highest BCUT2D eigenvalue weighted by Crippen LogP contribution is 2.23. The van der Waals surface area contributed by atoms with Gasteiger partial charge in [-0.2, -0.15) is 0 Å². The Morgan fingerprint density at radius 3 is 2.50 bits per heavy atom. The summed E-state index contributed by atoms with van der Waals surface area (Å²) in [6.07, 6.45) is 1.03. The van der Waals surface area contributed by atoms with Gasteiger partial charge in [0.15, 0.2) is 0 Å². The molecule has 4 heteroatoms. The Morgan fingerprint density at radius 1 is 1.12 bits per heavy atom. The van der Waals surface area contributed by atoms with Gasteiger partial charge in [0.1, 0.15) is 0 Å². The van der Waals surface area contributed by atoms with Crippen molar-refractivity contribution in [1.29, 1.82) is 5.41 Å². The fourth-order valence-corrected chi connectivity index (χ4v) is 3.03. The van der Waals surface area contributed by atoms with E-state index in [1.165, 1.54) is 11.1 Å². The van der Waals surface area contributed by atoms with Crippen LogP contribution in [0.4, 0.5) is 5.69 Å². The van der Waals surface area contributed by atoms with Gasteiger partial charge in [0, 0.05) is 30.1 Å². The first kappa shape index (κ1) is 16.4. The van der Waals surface area contributed by atoms with Crippen LogP contribution >= 0.6 is 0 Å². The summed E-state index contributed by atoms with van der Waals surface area (Å²) in [5, 5.41) is 10.6. The number of nitrogens with one attached hydrogen (secondary N) is 2. The molecule has 1 aliphatic rings. The molecule has 0 radical (unpaired) electrons. The van der Waals surface area contributed by atoms with Gasteiger partial charge in [-0.05, 0) is 60.8 Å². The Hall–Kier alpha value is -2.46. The lowest BCUT2D eigenvalue weighted by atomic mass is 9.99. The van der Waals surface area contributed by atoms with E-state index in [0.717, 1.165) is 37.3 Å². The fourth-order valence-electron chi connectivity index (χ4n) is 3.03. The van der Waals surface area contributed by atoms with Crippen molar-refractivity contribution in [2.75, 3.05) is 18.4 Å². The Kier molecular flexibility index (Phi) is 4.76. The minimum absolute atomic E-state index is 0.116. The zero-order valence-corrected chi connectivity index (χ0v) is 14.2. The maximum absolute atomic E-state index is 12.4. The molecule has 2 aromatic rings. The van der Waals surface area contributed by atoms with Gasteiger partial charge in [0.2, 0.25) is 0 Å². The average molecular weight is 321 g/mol. The fraction of sp³-hybridized carbons (Fsp3) is 0.300. The van der Waals surface area contributed by atoms with E-state index in [9.17, 15) is 4.79 Å². The largest absolute Gasteiger partial charge is 0.322 e. The van der Waals surface area contributed by atoms with Crippen LogP contribution in [0.5, 0.6) is 0 Å². The summed E-state index contributed by atoms with van der Waals surface area (Å²) >= 11 is 0. The molecule has 0 bridgehead atoms. The summed E-state index contributed by atoms with van der Waals surface area (Å²) in [6.45, 7) is 7.06. The van der Waals surface area contributed by atoms with E-state index in [4.69, 9.17) is 5.41 Å². The number of fused-ring (bicyclic) bond motifs is 1. The minimum atomic E-state index is -0.116. The molecule has 0 saturated carbocycles. The molecule has 2 N–H and O–H groups in total. The van der Waals surface area contributed by atoms with Crippen LogP contribution in [0.1, 0.15) is 40.9 Å². The lowest BCUT2D eigenvalue weighted by molar-refractivity contribution is 0.102. The van der Waals surface area contributed by atoms with Crippen molar-refractivity contribution in [1.82, 2.24) is 4.90 Å². The highest BCUT2D eigenvalue weighted by Gasteiger charge is 2.15. The number of carbonyl (C=O) groups excluding carboxylic acids is 1. The van der Waals surface area contributed by atoms with Gasteiger partial charge in [0.25, 0.3) is 5.91 Å². The van der Waals surface area contributed by atoms with Crippen molar-refractivity contribution in [3.63, 3.8) is 0 Å². The summed E-state index contributed by atoms with van der Waals surface area (Å²) in [5.41, 5.74) is 5.46. The molecule has 0 spiro atoms. The third kappa shape index (κ3) is 3.54. The standard InChI is InChI=1S/C20H23N3O/c1-3-23-11-10-17-12-19(9-8-18(17)13-23)22-20(24)16-6-4-15(5-7-16)14(2)21/h4-9,12,21H,3,10-11,13H2,1-2H3,(H,22,24). The van der Waals surface area contributed by atoms with E-state index in [2.05, 4.69) is 29.3 Å². The summed E-state index contributed by atoms with van der Waals surface area (Å²) < 4.78 is 0. The number of nitrogens with zero attached hydrogens (tertiary/aromatic N) is 1. The third-order valence-corrected chi connectivity index (χ3v) is 4.58. The van der Waals surface area contributed by atoms with Gasteiger partial charge in [-0.1, -0.05) is 25.1 Å². The molecular formula is C20H23N3O. The van der Waals surface area contributed by atoms with Crippen LogP contribution in [-0.4, -0.2) is 29.6 Å². The topological polar surface area (TPSA) is 56.2 Å². The van der Waals surface area contributed by atoms with Crippen LogP contribution < -0.4 is 5.32 Å². The molecule has 124 valence electrons. The second-order valence-corrected chi connectivity index (χ2v) is 6.26. The Labute approximate surface area is 143 Å². The van der Waals surface area contributed by atoms with Crippen molar-refractivity contribution in [3.05, 3.63) is 64.7 Å². The molecule has 1 heterocycles. The molecule has 0 fully saturated rings. The number of hydrogen-bond acceptors (Lipinski definition) is 3. The highest BCUT2D eigenvalue weighted by atomic mass is 16.1. The molecular weight excluding hydrogens is 298 g/mol. The van der Waals surface area contributed by atoms with Crippen LogP contribution in [-0.2, 0) is 13.0 Å².